The Labute approximate surface area is 115 Å². The fourth-order valence-corrected chi connectivity index (χ4v) is 3.21. The molecule has 1 aromatic carbocycles. The Hall–Kier alpha value is -1.22. The summed E-state index contributed by atoms with van der Waals surface area (Å²) in [6.45, 7) is 2.57. The second kappa shape index (κ2) is 5.83. The van der Waals surface area contributed by atoms with Crippen molar-refractivity contribution in [1.29, 1.82) is 0 Å². The molecular weight excluding hydrogens is 296 g/mol. The van der Waals surface area contributed by atoms with Crippen LogP contribution in [0.5, 0.6) is 0 Å². The van der Waals surface area contributed by atoms with E-state index in [0.717, 1.165) is 6.07 Å². The number of hydrogen-bond donors (Lipinski definition) is 2. The lowest BCUT2D eigenvalue weighted by Gasteiger charge is -2.13. The zero-order valence-electron chi connectivity index (χ0n) is 10.3. The maximum Gasteiger partial charge on any atom is 0.289 e. The van der Waals surface area contributed by atoms with E-state index in [0.29, 0.717) is 0 Å². The number of hydrogen-bond acceptors (Lipinski definition) is 5. The Morgan fingerprint density at radius 1 is 1.53 bits per heavy atom. The Bertz CT molecular complexity index is 602. The van der Waals surface area contributed by atoms with Gasteiger partial charge in [-0.3, -0.25) is 10.1 Å². The number of nitrogens with zero attached hydrogens (tertiary/aromatic N) is 1. The maximum atomic E-state index is 12.0. The van der Waals surface area contributed by atoms with Crippen molar-refractivity contribution in [1.82, 2.24) is 4.72 Å². The van der Waals surface area contributed by atoms with E-state index in [2.05, 4.69) is 4.72 Å². The molecule has 0 aliphatic rings. The van der Waals surface area contributed by atoms with Crippen LogP contribution < -0.4 is 4.72 Å². The predicted molar refractivity (Wildman–Crippen MR) is 69.7 cm³/mol. The summed E-state index contributed by atoms with van der Waals surface area (Å²) in [6, 6.07) is 1.43. The van der Waals surface area contributed by atoms with Gasteiger partial charge in [0.25, 0.3) is 5.69 Å². The lowest BCUT2D eigenvalue weighted by Crippen LogP contribution is -2.35. The smallest absolute Gasteiger partial charge is 0.289 e. The molecule has 7 nitrogen and oxygen atoms in total. The highest BCUT2D eigenvalue weighted by Gasteiger charge is 2.24. The van der Waals surface area contributed by atoms with Gasteiger partial charge in [0.05, 0.1) is 16.4 Å². The molecule has 0 heterocycles. The van der Waals surface area contributed by atoms with Crippen molar-refractivity contribution in [2.75, 3.05) is 6.61 Å². The van der Waals surface area contributed by atoms with Crippen molar-refractivity contribution in [3.05, 3.63) is 32.8 Å². The van der Waals surface area contributed by atoms with Gasteiger partial charge < -0.3 is 5.11 Å². The summed E-state index contributed by atoms with van der Waals surface area (Å²) in [7, 11) is -3.95. The highest BCUT2D eigenvalue weighted by molar-refractivity contribution is 7.89. The third-order valence-corrected chi connectivity index (χ3v) is 4.40. The highest BCUT2D eigenvalue weighted by atomic mass is 35.5. The molecule has 0 aromatic heterocycles. The van der Waals surface area contributed by atoms with E-state index >= 15 is 0 Å². The van der Waals surface area contributed by atoms with Crippen molar-refractivity contribution in [2.24, 2.45) is 0 Å². The summed E-state index contributed by atoms with van der Waals surface area (Å²) in [5, 5.41) is 19.5. The first-order valence-corrected chi connectivity index (χ1v) is 7.13. The molecule has 1 rings (SSSR count). The normalized spacial score (nSPS) is 13.3. The molecule has 0 radical (unpaired) electrons. The zero-order valence-corrected chi connectivity index (χ0v) is 11.8. The molecule has 19 heavy (non-hydrogen) atoms. The number of benzene rings is 1. The van der Waals surface area contributed by atoms with Crippen molar-refractivity contribution in [3.63, 3.8) is 0 Å². The van der Waals surface area contributed by atoms with Crippen LogP contribution in [0.2, 0.25) is 5.02 Å². The van der Waals surface area contributed by atoms with Crippen LogP contribution in [0.1, 0.15) is 12.5 Å². The number of aryl methyl sites for hydroxylation is 1. The Morgan fingerprint density at radius 2 is 2.11 bits per heavy atom. The first-order valence-electron chi connectivity index (χ1n) is 5.26. The fraction of sp³-hybridized carbons (Fsp3) is 0.400. The van der Waals surface area contributed by atoms with Crippen LogP contribution in [0.3, 0.4) is 0 Å². The maximum absolute atomic E-state index is 12.0. The van der Waals surface area contributed by atoms with Gasteiger partial charge in [-0.05, 0) is 25.5 Å². The van der Waals surface area contributed by atoms with Gasteiger partial charge in [-0.1, -0.05) is 11.6 Å². The lowest BCUT2D eigenvalue weighted by atomic mass is 10.2. The lowest BCUT2D eigenvalue weighted by molar-refractivity contribution is -0.384. The number of aliphatic hydroxyl groups excluding tert-OH is 1. The highest BCUT2D eigenvalue weighted by Crippen LogP contribution is 2.30. The number of nitro benzene ring substituents is 1. The number of sulfonamides is 1. The minimum Gasteiger partial charge on any atom is -0.395 e. The van der Waals surface area contributed by atoms with Crippen LogP contribution >= 0.6 is 11.6 Å². The van der Waals surface area contributed by atoms with Gasteiger partial charge >= 0.3 is 0 Å². The Kier molecular flexibility index (Phi) is 4.86. The van der Waals surface area contributed by atoms with Crippen LogP contribution in [-0.4, -0.2) is 31.1 Å². The monoisotopic (exact) mass is 308 g/mol. The standard InChI is InChI=1S/C10H13ClN2O5S/c1-6-3-8(11)9(13(15)16)4-10(6)19(17,18)12-7(2)5-14/h3-4,7,12,14H,5H2,1-2H3. The van der Waals surface area contributed by atoms with E-state index in [9.17, 15) is 18.5 Å². The minimum absolute atomic E-state index is 0.128. The van der Waals surface area contributed by atoms with E-state index in [1.807, 2.05) is 0 Å². The van der Waals surface area contributed by atoms with Crippen LogP contribution in [0, 0.1) is 17.0 Å². The van der Waals surface area contributed by atoms with Gasteiger partial charge in [0.1, 0.15) is 5.02 Å². The summed E-state index contributed by atoms with van der Waals surface area (Å²) >= 11 is 5.68. The molecule has 0 aliphatic carbocycles. The molecule has 1 aromatic rings. The van der Waals surface area contributed by atoms with Gasteiger partial charge in [0.15, 0.2) is 0 Å². The van der Waals surface area contributed by atoms with Gasteiger partial charge in [-0.2, -0.15) is 0 Å². The van der Waals surface area contributed by atoms with E-state index in [-0.39, 0.29) is 22.1 Å². The van der Waals surface area contributed by atoms with Crippen molar-refractivity contribution in [2.45, 2.75) is 24.8 Å². The quantitative estimate of drug-likeness (QED) is 0.627. The predicted octanol–water partition coefficient (Wildman–Crippen LogP) is 1.22. The molecule has 0 amide bonds. The largest absolute Gasteiger partial charge is 0.395 e. The van der Waals surface area contributed by atoms with Crippen LogP contribution in [0.4, 0.5) is 5.69 Å². The molecule has 0 bridgehead atoms. The molecule has 0 spiro atoms. The van der Waals surface area contributed by atoms with Crippen molar-refractivity contribution in [3.8, 4) is 0 Å². The molecule has 0 fully saturated rings. The minimum atomic E-state index is -3.95. The van der Waals surface area contributed by atoms with E-state index in [1.54, 1.807) is 0 Å². The summed E-state index contributed by atoms with van der Waals surface area (Å²) in [5.41, 5.74) is -0.197. The molecular formula is C10H13ClN2O5S. The molecule has 1 unspecified atom stereocenters. The van der Waals surface area contributed by atoms with Crippen LogP contribution in [0.25, 0.3) is 0 Å². The number of nitro groups is 1. The van der Waals surface area contributed by atoms with Gasteiger partial charge in [-0.25, -0.2) is 13.1 Å². The third-order valence-electron chi connectivity index (χ3n) is 2.36. The van der Waals surface area contributed by atoms with E-state index in [1.165, 1.54) is 19.9 Å². The summed E-state index contributed by atoms with van der Waals surface area (Å²) in [4.78, 5) is 9.77. The Balaban J connectivity index is 3.34. The summed E-state index contributed by atoms with van der Waals surface area (Å²) in [5.74, 6) is 0. The molecule has 1 atom stereocenters. The molecule has 0 saturated heterocycles. The van der Waals surface area contributed by atoms with Gasteiger partial charge in [0, 0.05) is 12.1 Å². The van der Waals surface area contributed by atoms with Gasteiger partial charge in [0.2, 0.25) is 10.0 Å². The Morgan fingerprint density at radius 3 is 2.58 bits per heavy atom. The van der Waals surface area contributed by atoms with Crippen LogP contribution in [-0.2, 0) is 10.0 Å². The average molecular weight is 309 g/mol. The number of aliphatic hydroxyl groups is 1. The number of halogens is 1. The molecule has 9 heteroatoms. The second-order valence-electron chi connectivity index (χ2n) is 4.03. The number of rotatable bonds is 5. The molecule has 0 aliphatic heterocycles. The van der Waals surface area contributed by atoms with Crippen molar-refractivity contribution >= 4 is 27.3 Å². The third kappa shape index (κ3) is 3.63. The topological polar surface area (TPSA) is 110 Å². The fourth-order valence-electron chi connectivity index (χ4n) is 1.44. The van der Waals surface area contributed by atoms with Gasteiger partial charge in [-0.15, -0.1) is 0 Å². The molecule has 106 valence electrons. The SMILES string of the molecule is Cc1cc(Cl)c([N+](=O)[O-])cc1S(=O)(=O)NC(C)CO. The second-order valence-corrected chi connectivity index (χ2v) is 6.12. The number of nitrogens with one attached hydrogen (secondary N) is 1. The van der Waals surface area contributed by atoms with E-state index < -0.39 is 26.7 Å². The van der Waals surface area contributed by atoms with Crippen molar-refractivity contribution < 1.29 is 18.4 Å². The first kappa shape index (κ1) is 15.8. The molecule has 0 saturated carbocycles. The first-order chi connectivity index (χ1) is 8.69. The van der Waals surface area contributed by atoms with Crippen LogP contribution in [0.15, 0.2) is 17.0 Å². The summed E-state index contributed by atoms with van der Waals surface area (Å²) in [6.07, 6.45) is 0. The average Bonchev–Trinajstić information content (AvgIpc) is 2.27. The van der Waals surface area contributed by atoms with E-state index in [4.69, 9.17) is 16.7 Å². The summed E-state index contributed by atoms with van der Waals surface area (Å²) < 4.78 is 26.2. The molecule has 2 N–H and O–H groups in total. The zero-order chi connectivity index (χ0) is 14.8.